The molecule has 2 heterocycles. The van der Waals surface area contributed by atoms with Crippen molar-refractivity contribution in [2.45, 2.75) is 16.7 Å². The first kappa shape index (κ1) is 8.84. The zero-order chi connectivity index (χ0) is 9.10. The maximum Gasteiger partial charge on any atom is 0.127 e. The van der Waals surface area contributed by atoms with Gasteiger partial charge in [0.25, 0.3) is 0 Å². The lowest BCUT2D eigenvalue weighted by molar-refractivity contribution is 0.669. The van der Waals surface area contributed by atoms with Gasteiger partial charge < -0.3 is 5.32 Å². The molecule has 3 nitrogen and oxygen atoms in total. The van der Waals surface area contributed by atoms with Crippen LogP contribution >= 0.6 is 0 Å². The zero-order valence-electron chi connectivity index (χ0n) is 7.27. The highest BCUT2D eigenvalue weighted by Crippen LogP contribution is 2.13. The number of aromatic nitrogens is 1. The maximum atomic E-state index is 11.9. The molecule has 1 fully saturated rings. The summed E-state index contributed by atoms with van der Waals surface area (Å²) in [4.78, 5) is 4.10. The lowest BCUT2D eigenvalue weighted by Gasteiger charge is -2.06. The van der Waals surface area contributed by atoms with Crippen molar-refractivity contribution in [1.82, 2.24) is 10.3 Å². The monoisotopic (exact) mass is 196 g/mol. The molecule has 1 aliphatic heterocycles. The highest BCUT2D eigenvalue weighted by molar-refractivity contribution is 7.85. The third-order valence-electron chi connectivity index (χ3n) is 2.16. The van der Waals surface area contributed by atoms with Crippen molar-refractivity contribution in [1.29, 1.82) is 0 Å². The first-order valence-corrected chi connectivity index (χ1v) is 5.61. The quantitative estimate of drug-likeness (QED) is 0.751. The van der Waals surface area contributed by atoms with Gasteiger partial charge in [-0.25, -0.2) is 4.98 Å². The average Bonchev–Trinajstić information content (AvgIpc) is 2.71. The molecule has 13 heavy (non-hydrogen) atoms. The van der Waals surface area contributed by atoms with Crippen molar-refractivity contribution < 1.29 is 4.21 Å². The summed E-state index contributed by atoms with van der Waals surface area (Å²) < 4.78 is 11.9. The van der Waals surface area contributed by atoms with E-state index in [9.17, 15) is 4.21 Å². The fourth-order valence-corrected chi connectivity index (χ4v) is 2.77. The van der Waals surface area contributed by atoms with Gasteiger partial charge in [0.15, 0.2) is 0 Å². The fourth-order valence-electron chi connectivity index (χ4n) is 1.45. The molecule has 70 valence electrons. The van der Waals surface area contributed by atoms with Crippen molar-refractivity contribution in [3.05, 3.63) is 24.4 Å². The first-order valence-electron chi connectivity index (χ1n) is 4.40. The number of hydrogen-bond acceptors (Lipinski definition) is 3. The van der Waals surface area contributed by atoms with Crippen LogP contribution in [-0.4, -0.2) is 27.5 Å². The molecule has 2 rings (SSSR count). The predicted molar refractivity (Wildman–Crippen MR) is 51.9 cm³/mol. The Hall–Kier alpha value is -0.740. The van der Waals surface area contributed by atoms with Gasteiger partial charge in [-0.05, 0) is 25.1 Å². The van der Waals surface area contributed by atoms with E-state index >= 15 is 0 Å². The third kappa shape index (κ3) is 1.95. The van der Waals surface area contributed by atoms with Crippen molar-refractivity contribution in [2.75, 3.05) is 13.1 Å². The molecule has 0 radical (unpaired) electrons. The second kappa shape index (κ2) is 3.98. The number of pyridine rings is 1. The minimum absolute atomic E-state index is 0.245. The Bertz CT molecular complexity index is 296. The Morgan fingerprint density at radius 1 is 1.54 bits per heavy atom. The van der Waals surface area contributed by atoms with Gasteiger partial charge >= 0.3 is 0 Å². The summed E-state index contributed by atoms with van der Waals surface area (Å²) in [5, 5.41) is 4.15. The normalized spacial score (nSPS) is 24.5. The van der Waals surface area contributed by atoms with Crippen LogP contribution in [0.3, 0.4) is 0 Å². The molecule has 1 N–H and O–H groups in total. The lowest BCUT2D eigenvalue weighted by Crippen LogP contribution is -2.19. The van der Waals surface area contributed by atoms with Crippen LogP contribution in [0.2, 0.25) is 0 Å². The Balaban J connectivity index is 2.13. The van der Waals surface area contributed by atoms with Gasteiger partial charge in [0.05, 0.1) is 16.0 Å². The smallest absolute Gasteiger partial charge is 0.127 e. The van der Waals surface area contributed by atoms with E-state index in [2.05, 4.69) is 10.3 Å². The van der Waals surface area contributed by atoms with E-state index < -0.39 is 10.8 Å². The second-order valence-electron chi connectivity index (χ2n) is 3.08. The molecule has 2 atom stereocenters. The summed E-state index contributed by atoms with van der Waals surface area (Å²) in [6.07, 6.45) is 2.68. The van der Waals surface area contributed by atoms with Gasteiger partial charge in [-0.1, -0.05) is 6.07 Å². The van der Waals surface area contributed by atoms with Gasteiger partial charge in [-0.2, -0.15) is 0 Å². The van der Waals surface area contributed by atoms with Crippen LogP contribution in [-0.2, 0) is 10.8 Å². The molecule has 1 aromatic rings. The largest absolute Gasteiger partial charge is 0.315 e. The molecule has 1 aromatic heterocycles. The molecule has 1 saturated heterocycles. The molecule has 1 aliphatic rings. The highest BCUT2D eigenvalue weighted by Gasteiger charge is 2.22. The Kier molecular flexibility index (Phi) is 2.71. The number of rotatable bonds is 2. The number of nitrogens with zero attached hydrogens (tertiary/aromatic N) is 1. The van der Waals surface area contributed by atoms with Crippen molar-refractivity contribution >= 4 is 10.8 Å². The summed E-state index contributed by atoms with van der Waals surface area (Å²) in [7, 11) is -0.932. The topological polar surface area (TPSA) is 42.0 Å². The minimum atomic E-state index is -0.932. The zero-order valence-corrected chi connectivity index (χ0v) is 8.09. The van der Waals surface area contributed by atoms with E-state index in [1.165, 1.54) is 0 Å². The van der Waals surface area contributed by atoms with Gasteiger partial charge in [0, 0.05) is 12.7 Å². The van der Waals surface area contributed by atoms with Crippen molar-refractivity contribution in [2.24, 2.45) is 0 Å². The summed E-state index contributed by atoms with van der Waals surface area (Å²) in [6.45, 7) is 1.83. The third-order valence-corrected chi connectivity index (χ3v) is 3.82. The maximum absolute atomic E-state index is 11.9. The van der Waals surface area contributed by atoms with E-state index in [0.717, 1.165) is 19.5 Å². The predicted octanol–water partition coefficient (Wildman–Crippen LogP) is 0.551. The Morgan fingerprint density at radius 3 is 3.08 bits per heavy atom. The summed E-state index contributed by atoms with van der Waals surface area (Å²) in [5.41, 5.74) is 0. The minimum Gasteiger partial charge on any atom is -0.315 e. The van der Waals surface area contributed by atoms with E-state index in [-0.39, 0.29) is 5.25 Å². The van der Waals surface area contributed by atoms with Crippen LogP contribution in [0.4, 0.5) is 0 Å². The molecule has 0 aliphatic carbocycles. The van der Waals surface area contributed by atoms with Crippen molar-refractivity contribution in [3.8, 4) is 0 Å². The van der Waals surface area contributed by atoms with Gasteiger partial charge in [-0.15, -0.1) is 0 Å². The van der Waals surface area contributed by atoms with Crippen LogP contribution < -0.4 is 5.32 Å². The van der Waals surface area contributed by atoms with Gasteiger partial charge in [0.1, 0.15) is 5.03 Å². The molecule has 0 amide bonds. The molecule has 0 spiro atoms. The first-order chi connectivity index (χ1) is 6.38. The number of hydrogen-bond donors (Lipinski definition) is 1. The van der Waals surface area contributed by atoms with Crippen LogP contribution in [0.15, 0.2) is 29.4 Å². The van der Waals surface area contributed by atoms with Crippen LogP contribution in [0.5, 0.6) is 0 Å². The van der Waals surface area contributed by atoms with Crippen molar-refractivity contribution in [3.63, 3.8) is 0 Å². The second-order valence-corrected chi connectivity index (χ2v) is 4.76. The fraction of sp³-hybridized carbons (Fsp3) is 0.444. The Morgan fingerprint density at radius 2 is 2.46 bits per heavy atom. The van der Waals surface area contributed by atoms with E-state index in [0.29, 0.717) is 5.03 Å². The van der Waals surface area contributed by atoms with Crippen LogP contribution in [0.25, 0.3) is 0 Å². The standard InChI is InChI=1S/C9H12N2OS/c12-13(8-4-6-10-7-8)9-3-1-2-5-11-9/h1-3,5,8,10H,4,6-7H2/t8-,13-/m0/s1. The van der Waals surface area contributed by atoms with Crippen LogP contribution in [0, 0.1) is 0 Å². The Labute approximate surface area is 80.0 Å². The van der Waals surface area contributed by atoms with E-state index in [4.69, 9.17) is 0 Å². The molecular formula is C9H12N2OS. The van der Waals surface area contributed by atoms with Crippen LogP contribution in [0.1, 0.15) is 6.42 Å². The average molecular weight is 196 g/mol. The molecule has 0 saturated carbocycles. The van der Waals surface area contributed by atoms with E-state index in [1.807, 2.05) is 18.2 Å². The molecule has 0 unspecified atom stereocenters. The lowest BCUT2D eigenvalue weighted by atomic mass is 10.4. The van der Waals surface area contributed by atoms with Gasteiger partial charge in [0.2, 0.25) is 0 Å². The molecule has 0 bridgehead atoms. The summed E-state index contributed by atoms with van der Waals surface area (Å²) in [5.74, 6) is 0. The molecular weight excluding hydrogens is 184 g/mol. The number of nitrogens with one attached hydrogen (secondary N) is 1. The summed E-state index contributed by atoms with van der Waals surface area (Å²) >= 11 is 0. The van der Waals surface area contributed by atoms with Gasteiger partial charge in [-0.3, -0.25) is 4.21 Å². The summed E-state index contributed by atoms with van der Waals surface area (Å²) in [6, 6.07) is 5.55. The highest BCUT2D eigenvalue weighted by atomic mass is 32.2. The molecule has 0 aromatic carbocycles. The SMILES string of the molecule is O=[S@](c1ccccn1)[C@H]1CCNC1. The van der Waals surface area contributed by atoms with E-state index in [1.54, 1.807) is 6.20 Å². The molecule has 4 heteroatoms.